The quantitative estimate of drug-likeness (QED) is 0.567. The molecule has 3 atom stereocenters. The van der Waals surface area contributed by atoms with Gasteiger partial charge in [-0.1, -0.05) is 26.0 Å². The minimum Gasteiger partial charge on any atom is -0.294 e. The first-order valence-electron chi connectivity index (χ1n) is 5.40. The Morgan fingerprint density at radius 3 is 2.73 bits per heavy atom. The van der Waals surface area contributed by atoms with Gasteiger partial charge in [-0.2, -0.15) is 0 Å². The minimum absolute atomic E-state index is 0.117. The number of Topliss-reactive ketones (excluding diaryl/α,β-unsaturated/α-hetero) is 1. The van der Waals surface area contributed by atoms with Crippen molar-refractivity contribution >= 4 is 11.6 Å². The summed E-state index contributed by atoms with van der Waals surface area (Å²) in [6, 6.07) is 0. The van der Waals surface area contributed by atoms with Gasteiger partial charge in [0.15, 0.2) is 11.6 Å². The molecule has 2 heteroatoms. The lowest BCUT2D eigenvalue weighted by molar-refractivity contribution is -0.138. The maximum atomic E-state index is 12.1. The maximum Gasteiger partial charge on any atom is 0.165 e. The molecular formula is C13H16O2. The lowest BCUT2D eigenvalue weighted by Crippen LogP contribution is -2.47. The van der Waals surface area contributed by atoms with Crippen molar-refractivity contribution in [1.29, 1.82) is 0 Å². The van der Waals surface area contributed by atoms with Gasteiger partial charge in [-0.05, 0) is 30.9 Å². The average Bonchev–Trinajstić information content (AvgIpc) is 2.14. The zero-order valence-corrected chi connectivity index (χ0v) is 9.41. The smallest absolute Gasteiger partial charge is 0.165 e. The SMILES string of the molecule is CC1=CC(=O)[C@H]2[C@H](C)C=CC[C@]2(C)C1=O. The molecule has 0 fully saturated rings. The monoisotopic (exact) mass is 204 g/mol. The number of allylic oxidation sites excluding steroid dienone is 4. The number of carbonyl (C=O) groups excluding carboxylic acids is 2. The average molecular weight is 204 g/mol. The second-order valence-corrected chi connectivity index (χ2v) is 4.95. The number of rotatable bonds is 0. The Morgan fingerprint density at radius 1 is 1.40 bits per heavy atom. The highest BCUT2D eigenvalue weighted by Crippen LogP contribution is 2.46. The Kier molecular flexibility index (Phi) is 2.18. The van der Waals surface area contributed by atoms with Crippen LogP contribution in [0.5, 0.6) is 0 Å². The molecule has 80 valence electrons. The number of ketones is 2. The van der Waals surface area contributed by atoms with Crippen LogP contribution in [0.4, 0.5) is 0 Å². The predicted molar refractivity (Wildman–Crippen MR) is 58.3 cm³/mol. The molecule has 0 aliphatic heterocycles. The third-order valence-electron chi connectivity index (χ3n) is 3.74. The first-order chi connectivity index (χ1) is 6.97. The van der Waals surface area contributed by atoms with E-state index in [1.807, 2.05) is 26.0 Å². The molecular weight excluding hydrogens is 188 g/mol. The molecule has 0 aromatic heterocycles. The highest BCUT2D eigenvalue weighted by atomic mass is 16.1. The molecule has 0 saturated heterocycles. The largest absolute Gasteiger partial charge is 0.294 e. The van der Waals surface area contributed by atoms with E-state index in [0.29, 0.717) is 12.0 Å². The molecule has 0 N–H and O–H groups in total. The Morgan fingerprint density at radius 2 is 2.07 bits per heavy atom. The molecule has 15 heavy (non-hydrogen) atoms. The summed E-state index contributed by atoms with van der Waals surface area (Å²) in [5.41, 5.74) is 0.116. The summed E-state index contributed by atoms with van der Waals surface area (Å²) in [7, 11) is 0. The van der Waals surface area contributed by atoms with Gasteiger partial charge in [0, 0.05) is 11.3 Å². The summed E-state index contributed by atoms with van der Waals surface area (Å²) in [5, 5.41) is 0. The van der Waals surface area contributed by atoms with E-state index < -0.39 is 5.41 Å². The van der Waals surface area contributed by atoms with Gasteiger partial charge in [0.2, 0.25) is 0 Å². The van der Waals surface area contributed by atoms with Crippen molar-refractivity contribution in [2.45, 2.75) is 27.2 Å². The number of carbonyl (C=O) groups is 2. The molecule has 2 aliphatic rings. The van der Waals surface area contributed by atoms with E-state index in [-0.39, 0.29) is 23.4 Å². The first kappa shape index (κ1) is 10.3. The van der Waals surface area contributed by atoms with Gasteiger partial charge < -0.3 is 0 Å². The molecule has 0 bridgehead atoms. The van der Waals surface area contributed by atoms with Gasteiger partial charge in [-0.15, -0.1) is 0 Å². The summed E-state index contributed by atoms with van der Waals surface area (Å²) < 4.78 is 0. The highest BCUT2D eigenvalue weighted by molar-refractivity contribution is 6.12. The fourth-order valence-electron chi connectivity index (χ4n) is 2.97. The Bertz CT molecular complexity index is 389. The van der Waals surface area contributed by atoms with Crippen LogP contribution in [0.25, 0.3) is 0 Å². The van der Waals surface area contributed by atoms with Gasteiger partial charge in [0.25, 0.3) is 0 Å². The van der Waals surface area contributed by atoms with Crippen molar-refractivity contribution < 1.29 is 9.59 Å². The van der Waals surface area contributed by atoms with Crippen molar-refractivity contribution in [1.82, 2.24) is 0 Å². The highest BCUT2D eigenvalue weighted by Gasteiger charge is 2.49. The van der Waals surface area contributed by atoms with Crippen LogP contribution in [0.15, 0.2) is 23.8 Å². The van der Waals surface area contributed by atoms with Crippen molar-refractivity contribution in [3.8, 4) is 0 Å². The van der Waals surface area contributed by atoms with Crippen LogP contribution in [-0.4, -0.2) is 11.6 Å². The molecule has 0 aromatic carbocycles. The summed E-state index contributed by atoms with van der Waals surface area (Å²) >= 11 is 0. The Labute approximate surface area is 90.1 Å². The first-order valence-corrected chi connectivity index (χ1v) is 5.40. The third-order valence-corrected chi connectivity index (χ3v) is 3.74. The molecule has 0 aromatic rings. The summed E-state index contributed by atoms with van der Waals surface area (Å²) in [5.74, 6) is 0.276. The van der Waals surface area contributed by atoms with E-state index in [2.05, 4.69) is 0 Å². The van der Waals surface area contributed by atoms with Crippen LogP contribution in [0.1, 0.15) is 27.2 Å². The molecule has 2 rings (SSSR count). The second kappa shape index (κ2) is 3.16. The molecule has 2 aliphatic carbocycles. The lowest BCUT2D eigenvalue weighted by Gasteiger charge is -2.42. The Balaban J connectivity index is 2.54. The van der Waals surface area contributed by atoms with Crippen molar-refractivity contribution in [2.24, 2.45) is 17.3 Å². The number of fused-ring (bicyclic) bond motifs is 1. The second-order valence-electron chi connectivity index (χ2n) is 4.95. The topological polar surface area (TPSA) is 34.1 Å². The van der Waals surface area contributed by atoms with E-state index >= 15 is 0 Å². The van der Waals surface area contributed by atoms with E-state index in [9.17, 15) is 9.59 Å². The van der Waals surface area contributed by atoms with Crippen LogP contribution in [-0.2, 0) is 9.59 Å². The molecule has 0 heterocycles. The predicted octanol–water partition coefficient (Wildman–Crippen LogP) is 2.30. The van der Waals surface area contributed by atoms with Crippen molar-refractivity contribution in [3.05, 3.63) is 23.8 Å². The van der Waals surface area contributed by atoms with Gasteiger partial charge >= 0.3 is 0 Å². The van der Waals surface area contributed by atoms with Gasteiger partial charge in [-0.25, -0.2) is 0 Å². The fraction of sp³-hybridized carbons (Fsp3) is 0.538. The maximum absolute atomic E-state index is 12.1. The summed E-state index contributed by atoms with van der Waals surface area (Å²) in [4.78, 5) is 24.1. The molecule has 0 spiro atoms. The van der Waals surface area contributed by atoms with Gasteiger partial charge in [-0.3, -0.25) is 9.59 Å². The zero-order chi connectivity index (χ0) is 11.2. The fourth-order valence-corrected chi connectivity index (χ4v) is 2.97. The van der Waals surface area contributed by atoms with Crippen LogP contribution < -0.4 is 0 Å². The summed E-state index contributed by atoms with van der Waals surface area (Å²) in [6.45, 7) is 5.68. The molecule has 0 amide bonds. The molecule has 0 saturated carbocycles. The van der Waals surface area contributed by atoms with E-state index in [4.69, 9.17) is 0 Å². The van der Waals surface area contributed by atoms with E-state index in [1.54, 1.807) is 6.92 Å². The zero-order valence-electron chi connectivity index (χ0n) is 9.41. The van der Waals surface area contributed by atoms with E-state index in [1.165, 1.54) is 6.08 Å². The van der Waals surface area contributed by atoms with Crippen LogP contribution >= 0.6 is 0 Å². The van der Waals surface area contributed by atoms with Gasteiger partial charge in [0.05, 0.1) is 0 Å². The van der Waals surface area contributed by atoms with Crippen LogP contribution in [0, 0.1) is 17.3 Å². The van der Waals surface area contributed by atoms with Crippen LogP contribution in [0.2, 0.25) is 0 Å². The molecule has 0 radical (unpaired) electrons. The number of hydrogen-bond donors (Lipinski definition) is 0. The summed E-state index contributed by atoms with van der Waals surface area (Å²) in [6.07, 6.45) is 6.29. The van der Waals surface area contributed by atoms with Crippen LogP contribution in [0.3, 0.4) is 0 Å². The van der Waals surface area contributed by atoms with Crippen molar-refractivity contribution in [2.75, 3.05) is 0 Å². The minimum atomic E-state index is -0.496. The van der Waals surface area contributed by atoms with E-state index in [0.717, 1.165) is 0 Å². The normalized spacial score (nSPS) is 40.1. The standard InChI is InChI=1S/C13H16O2/c1-8-5-4-6-13(3)11(8)10(14)7-9(2)12(13)15/h4-5,7-8,11H,6H2,1-3H3/t8-,11-,13+/m1/s1. The molecule has 0 unspecified atom stereocenters. The molecule has 2 nitrogen and oxygen atoms in total. The third kappa shape index (κ3) is 1.31. The Hall–Kier alpha value is -1.18. The van der Waals surface area contributed by atoms with Crippen molar-refractivity contribution in [3.63, 3.8) is 0 Å². The number of hydrogen-bond acceptors (Lipinski definition) is 2. The van der Waals surface area contributed by atoms with Gasteiger partial charge in [0.1, 0.15) is 0 Å². The lowest BCUT2D eigenvalue weighted by atomic mass is 9.58.